The van der Waals surface area contributed by atoms with E-state index < -0.39 is 0 Å². The summed E-state index contributed by atoms with van der Waals surface area (Å²) in [5, 5.41) is 5.51. The summed E-state index contributed by atoms with van der Waals surface area (Å²) in [6, 6.07) is 14.6. The second-order valence-corrected chi connectivity index (χ2v) is 6.54. The quantitative estimate of drug-likeness (QED) is 0.670. The molecule has 0 radical (unpaired) electrons. The summed E-state index contributed by atoms with van der Waals surface area (Å²) < 4.78 is 0. The first-order valence-corrected chi connectivity index (χ1v) is 8.59. The molecule has 1 heterocycles. The van der Waals surface area contributed by atoms with Crippen molar-refractivity contribution in [2.45, 2.75) is 32.6 Å². The molecule has 3 heteroatoms. The van der Waals surface area contributed by atoms with Crippen LogP contribution >= 0.6 is 11.6 Å². The smallest absolute Gasteiger partial charge is 0.0727 e. The van der Waals surface area contributed by atoms with Crippen LogP contribution in [-0.4, -0.2) is 4.98 Å². The molecule has 3 aromatic rings. The van der Waals surface area contributed by atoms with Gasteiger partial charge in [0.2, 0.25) is 0 Å². The lowest BCUT2D eigenvalue weighted by Gasteiger charge is -2.15. The Balaban J connectivity index is 1.88. The molecule has 0 bridgehead atoms. The fraction of sp³-hybridized carbons (Fsp3) is 0.250. The van der Waals surface area contributed by atoms with Crippen LogP contribution in [0.3, 0.4) is 0 Å². The molecule has 0 amide bonds. The van der Waals surface area contributed by atoms with E-state index in [2.05, 4.69) is 36.5 Å². The maximum Gasteiger partial charge on any atom is 0.0727 e. The van der Waals surface area contributed by atoms with Crippen LogP contribution in [0.15, 0.2) is 42.5 Å². The Morgan fingerprint density at radius 2 is 2.04 bits per heavy atom. The highest BCUT2D eigenvalue weighted by atomic mass is 35.5. The van der Waals surface area contributed by atoms with Gasteiger partial charge in [0.15, 0.2) is 0 Å². The van der Waals surface area contributed by atoms with Gasteiger partial charge in [-0.25, -0.2) is 0 Å². The largest absolute Gasteiger partial charge is 0.355 e. The van der Waals surface area contributed by atoms with Gasteiger partial charge in [0, 0.05) is 21.8 Å². The number of hydrogen-bond donors (Lipinski definition) is 1. The lowest BCUT2D eigenvalue weighted by Crippen LogP contribution is -2.00. The number of anilines is 2. The summed E-state index contributed by atoms with van der Waals surface area (Å²) in [6.07, 6.45) is 4.37. The van der Waals surface area contributed by atoms with Gasteiger partial charge < -0.3 is 5.32 Å². The van der Waals surface area contributed by atoms with Crippen molar-refractivity contribution >= 4 is 33.9 Å². The third-order valence-electron chi connectivity index (χ3n) is 4.58. The second kappa shape index (κ2) is 5.86. The highest BCUT2D eigenvalue weighted by Crippen LogP contribution is 2.37. The first kappa shape index (κ1) is 14.5. The van der Waals surface area contributed by atoms with Gasteiger partial charge in [-0.1, -0.05) is 30.7 Å². The molecule has 2 aromatic carbocycles. The SMILES string of the molecule is CCc1cccc(Nc2c3c(nc4ccc(Cl)cc24)CCC3)c1. The van der Waals surface area contributed by atoms with Crippen molar-refractivity contribution in [2.24, 2.45) is 0 Å². The van der Waals surface area contributed by atoms with Crippen molar-refractivity contribution in [3.63, 3.8) is 0 Å². The zero-order valence-corrected chi connectivity index (χ0v) is 14.0. The third kappa shape index (κ3) is 2.68. The fourth-order valence-electron chi connectivity index (χ4n) is 3.39. The predicted octanol–water partition coefficient (Wildman–Crippen LogP) is 5.68. The molecule has 0 unspecified atom stereocenters. The zero-order valence-electron chi connectivity index (χ0n) is 13.2. The Morgan fingerprint density at radius 1 is 1.13 bits per heavy atom. The van der Waals surface area contributed by atoms with Crippen molar-refractivity contribution in [3.05, 3.63) is 64.3 Å². The maximum atomic E-state index is 6.24. The summed E-state index contributed by atoms with van der Waals surface area (Å²) in [4.78, 5) is 4.83. The monoisotopic (exact) mass is 322 g/mol. The average molecular weight is 323 g/mol. The second-order valence-electron chi connectivity index (χ2n) is 6.11. The standard InChI is InChI=1S/C20H19ClN2/c1-2-13-5-3-6-15(11-13)22-20-16-7-4-8-18(16)23-19-10-9-14(21)12-17(19)20/h3,5-6,9-12H,2,4,7-8H2,1H3,(H,22,23). The number of pyridine rings is 1. The number of nitrogens with one attached hydrogen (secondary N) is 1. The molecule has 1 aliphatic carbocycles. The van der Waals surface area contributed by atoms with Gasteiger partial charge in [0.25, 0.3) is 0 Å². The molecule has 23 heavy (non-hydrogen) atoms. The van der Waals surface area contributed by atoms with Crippen LogP contribution in [0.4, 0.5) is 11.4 Å². The molecule has 0 aliphatic heterocycles. The van der Waals surface area contributed by atoms with Crippen molar-refractivity contribution in [3.8, 4) is 0 Å². The fourth-order valence-corrected chi connectivity index (χ4v) is 3.56. The van der Waals surface area contributed by atoms with Crippen LogP contribution in [-0.2, 0) is 19.3 Å². The van der Waals surface area contributed by atoms with Gasteiger partial charge >= 0.3 is 0 Å². The first-order chi connectivity index (χ1) is 11.2. The highest BCUT2D eigenvalue weighted by Gasteiger charge is 2.20. The van der Waals surface area contributed by atoms with Crippen LogP contribution < -0.4 is 5.32 Å². The van der Waals surface area contributed by atoms with Gasteiger partial charge in [-0.3, -0.25) is 4.98 Å². The van der Waals surface area contributed by atoms with Crippen LogP contribution in [0, 0.1) is 0 Å². The van der Waals surface area contributed by atoms with Crippen LogP contribution in [0.1, 0.15) is 30.2 Å². The van der Waals surface area contributed by atoms with Gasteiger partial charge in [0.05, 0.1) is 11.2 Å². The molecular weight excluding hydrogens is 304 g/mol. The van der Waals surface area contributed by atoms with Gasteiger partial charge in [-0.15, -0.1) is 0 Å². The normalized spacial score (nSPS) is 13.3. The van der Waals surface area contributed by atoms with Crippen molar-refractivity contribution < 1.29 is 0 Å². The van der Waals surface area contributed by atoms with Crippen molar-refractivity contribution in [1.82, 2.24) is 4.98 Å². The molecule has 0 saturated carbocycles. The minimum Gasteiger partial charge on any atom is -0.355 e. The lowest BCUT2D eigenvalue weighted by atomic mass is 10.1. The highest BCUT2D eigenvalue weighted by molar-refractivity contribution is 6.31. The van der Waals surface area contributed by atoms with E-state index in [1.165, 1.54) is 28.9 Å². The van der Waals surface area contributed by atoms with E-state index in [4.69, 9.17) is 16.6 Å². The number of benzene rings is 2. The summed E-state index contributed by atoms with van der Waals surface area (Å²) in [5.41, 5.74) is 7.24. The molecule has 0 atom stereocenters. The number of rotatable bonds is 3. The first-order valence-electron chi connectivity index (χ1n) is 8.21. The Kier molecular flexibility index (Phi) is 3.70. The number of fused-ring (bicyclic) bond motifs is 2. The molecule has 116 valence electrons. The van der Waals surface area contributed by atoms with E-state index in [0.717, 1.165) is 40.9 Å². The Hall–Kier alpha value is -2.06. The van der Waals surface area contributed by atoms with Crippen molar-refractivity contribution in [1.29, 1.82) is 0 Å². The van der Waals surface area contributed by atoms with Crippen LogP contribution in [0.2, 0.25) is 5.02 Å². The molecule has 1 aliphatic rings. The summed E-state index contributed by atoms with van der Waals surface area (Å²) in [6.45, 7) is 2.18. The summed E-state index contributed by atoms with van der Waals surface area (Å²) in [5.74, 6) is 0. The Labute approximate surface area is 141 Å². The molecule has 4 rings (SSSR count). The van der Waals surface area contributed by atoms with E-state index in [9.17, 15) is 0 Å². The van der Waals surface area contributed by atoms with Crippen LogP contribution in [0.5, 0.6) is 0 Å². The van der Waals surface area contributed by atoms with E-state index in [1.807, 2.05) is 18.2 Å². The number of nitrogens with zero attached hydrogens (tertiary/aromatic N) is 1. The number of halogens is 1. The molecule has 2 nitrogen and oxygen atoms in total. The van der Waals surface area contributed by atoms with Gasteiger partial charge in [0.1, 0.15) is 0 Å². The molecule has 0 spiro atoms. The number of aryl methyl sites for hydroxylation is 2. The molecular formula is C20H19ClN2. The average Bonchev–Trinajstić information content (AvgIpc) is 3.03. The summed E-state index contributed by atoms with van der Waals surface area (Å²) in [7, 11) is 0. The van der Waals surface area contributed by atoms with Crippen LogP contribution in [0.25, 0.3) is 10.9 Å². The minimum absolute atomic E-state index is 0.752. The molecule has 1 N–H and O–H groups in total. The maximum absolute atomic E-state index is 6.24. The Morgan fingerprint density at radius 3 is 2.91 bits per heavy atom. The van der Waals surface area contributed by atoms with E-state index in [0.29, 0.717) is 0 Å². The molecule has 0 saturated heterocycles. The lowest BCUT2D eigenvalue weighted by molar-refractivity contribution is 0.901. The van der Waals surface area contributed by atoms with E-state index in [-0.39, 0.29) is 0 Å². The predicted molar refractivity (Wildman–Crippen MR) is 97.9 cm³/mol. The Bertz CT molecular complexity index is 886. The topological polar surface area (TPSA) is 24.9 Å². The van der Waals surface area contributed by atoms with Gasteiger partial charge in [-0.2, -0.15) is 0 Å². The van der Waals surface area contributed by atoms with E-state index >= 15 is 0 Å². The summed E-state index contributed by atoms with van der Waals surface area (Å²) >= 11 is 6.24. The van der Waals surface area contributed by atoms with Gasteiger partial charge in [-0.05, 0) is 67.1 Å². The number of aromatic nitrogens is 1. The third-order valence-corrected chi connectivity index (χ3v) is 4.81. The number of hydrogen-bond acceptors (Lipinski definition) is 2. The molecule has 1 aromatic heterocycles. The van der Waals surface area contributed by atoms with E-state index in [1.54, 1.807) is 0 Å². The zero-order chi connectivity index (χ0) is 15.8. The van der Waals surface area contributed by atoms with Crippen molar-refractivity contribution in [2.75, 3.05) is 5.32 Å². The minimum atomic E-state index is 0.752. The molecule has 0 fully saturated rings.